The Morgan fingerprint density at radius 2 is 1.49 bits per heavy atom. The normalized spacial score (nSPS) is 12.3. The zero-order valence-corrected chi connectivity index (χ0v) is 21.0. The molecular formula is C25H37NO9. The molecule has 0 saturated heterocycles. The van der Waals surface area contributed by atoms with Crippen molar-refractivity contribution in [2.24, 2.45) is 5.73 Å². The van der Waals surface area contributed by atoms with Crippen molar-refractivity contribution in [1.29, 1.82) is 0 Å². The van der Waals surface area contributed by atoms with Gasteiger partial charge in [0.05, 0.1) is 6.61 Å². The van der Waals surface area contributed by atoms with Crippen molar-refractivity contribution in [2.45, 2.75) is 84.8 Å². The van der Waals surface area contributed by atoms with Gasteiger partial charge in [0.1, 0.15) is 18.8 Å². The molecule has 0 aliphatic heterocycles. The van der Waals surface area contributed by atoms with E-state index in [0.717, 1.165) is 12.8 Å². The van der Waals surface area contributed by atoms with E-state index in [4.69, 9.17) is 24.7 Å². The van der Waals surface area contributed by atoms with Crippen molar-refractivity contribution < 1.29 is 42.9 Å². The van der Waals surface area contributed by atoms with Gasteiger partial charge in [-0.25, -0.2) is 4.79 Å². The predicted octanol–water partition coefficient (Wildman–Crippen LogP) is 3.85. The molecule has 196 valence electrons. The summed E-state index contributed by atoms with van der Waals surface area (Å²) in [6.07, 6.45) is 1.99. The number of benzene rings is 1. The predicted molar refractivity (Wildman–Crippen MR) is 127 cm³/mol. The van der Waals surface area contributed by atoms with Gasteiger partial charge < -0.3 is 29.4 Å². The van der Waals surface area contributed by atoms with Gasteiger partial charge in [-0.2, -0.15) is 0 Å². The second-order valence-electron chi connectivity index (χ2n) is 7.99. The van der Waals surface area contributed by atoms with E-state index in [1.807, 2.05) is 13.8 Å². The van der Waals surface area contributed by atoms with E-state index in [-0.39, 0.29) is 44.0 Å². The highest BCUT2D eigenvalue weighted by molar-refractivity contribution is 5.77. The van der Waals surface area contributed by atoms with Gasteiger partial charge in [0.25, 0.3) is 0 Å². The van der Waals surface area contributed by atoms with E-state index in [0.29, 0.717) is 18.4 Å². The number of esters is 3. The standard InChI is InChI=1S/C25H37NO9/c1-5-8-10-22(27)34-20-13-12-18(15-21(20)35-23(28)11-9-6-2)14-19(26)24(29)33-17(4)16-32-25(30)31-7-3/h12-13,15,17,19H,5-11,14,16,26H2,1-4H3/t17-,19-/m0/s1. The van der Waals surface area contributed by atoms with E-state index in [2.05, 4.69) is 4.74 Å². The molecule has 0 heterocycles. The van der Waals surface area contributed by atoms with Gasteiger partial charge in [0.15, 0.2) is 11.5 Å². The zero-order valence-electron chi connectivity index (χ0n) is 21.0. The first-order valence-electron chi connectivity index (χ1n) is 12.0. The minimum atomic E-state index is -1.03. The lowest BCUT2D eigenvalue weighted by atomic mass is 10.1. The third-order valence-corrected chi connectivity index (χ3v) is 4.70. The zero-order chi connectivity index (χ0) is 26.2. The summed E-state index contributed by atoms with van der Waals surface area (Å²) in [4.78, 5) is 47.9. The van der Waals surface area contributed by atoms with Crippen LogP contribution in [0.5, 0.6) is 11.5 Å². The van der Waals surface area contributed by atoms with Gasteiger partial charge in [0.2, 0.25) is 0 Å². The van der Waals surface area contributed by atoms with Crippen molar-refractivity contribution in [1.82, 2.24) is 0 Å². The number of hydrogen-bond acceptors (Lipinski definition) is 10. The average molecular weight is 496 g/mol. The molecular weight excluding hydrogens is 458 g/mol. The van der Waals surface area contributed by atoms with Gasteiger partial charge in [-0.3, -0.25) is 14.4 Å². The first-order chi connectivity index (χ1) is 16.7. The number of carbonyl (C=O) groups excluding carboxylic acids is 4. The van der Waals surface area contributed by atoms with Crippen LogP contribution in [-0.4, -0.2) is 49.4 Å². The van der Waals surface area contributed by atoms with E-state index in [1.54, 1.807) is 19.9 Å². The van der Waals surface area contributed by atoms with E-state index >= 15 is 0 Å². The maximum absolute atomic E-state index is 12.3. The quantitative estimate of drug-likeness (QED) is 0.282. The second kappa shape index (κ2) is 16.5. The third-order valence-electron chi connectivity index (χ3n) is 4.70. The third kappa shape index (κ3) is 12.2. The highest BCUT2D eigenvalue weighted by Gasteiger charge is 2.21. The van der Waals surface area contributed by atoms with Crippen LogP contribution in [-0.2, 0) is 35.0 Å². The Bertz CT molecular complexity index is 840. The van der Waals surface area contributed by atoms with Crippen molar-refractivity contribution in [2.75, 3.05) is 13.2 Å². The molecule has 1 aromatic carbocycles. The van der Waals surface area contributed by atoms with Gasteiger partial charge in [-0.1, -0.05) is 32.8 Å². The lowest BCUT2D eigenvalue weighted by Crippen LogP contribution is -2.37. The highest BCUT2D eigenvalue weighted by Crippen LogP contribution is 2.30. The SMILES string of the molecule is CCCCC(=O)Oc1ccc(C[C@H](N)C(=O)O[C@@H](C)COC(=O)OCC)cc1OC(=O)CCCC. The molecule has 0 aromatic heterocycles. The van der Waals surface area contributed by atoms with Crippen molar-refractivity contribution >= 4 is 24.1 Å². The molecule has 0 unspecified atom stereocenters. The molecule has 0 spiro atoms. The van der Waals surface area contributed by atoms with Crippen LogP contribution in [0.25, 0.3) is 0 Å². The first kappa shape index (κ1) is 29.9. The Kier molecular flexibility index (Phi) is 14.1. The van der Waals surface area contributed by atoms with Gasteiger partial charge in [0, 0.05) is 12.8 Å². The molecule has 1 aromatic rings. The van der Waals surface area contributed by atoms with E-state index in [9.17, 15) is 19.2 Å². The van der Waals surface area contributed by atoms with Gasteiger partial charge in [-0.15, -0.1) is 0 Å². The maximum atomic E-state index is 12.3. The molecule has 0 aliphatic rings. The fourth-order valence-electron chi connectivity index (χ4n) is 2.83. The first-order valence-corrected chi connectivity index (χ1v) is 12.0. The highest BCUT2D eigenvalue weighted by atomic mass is 16.7. The molecule has 2 atom stereocenters. The Balaban J connectivity index is 2.84. The van der Waals surface area contributed by atoms with E-state index < -0.39 is 36.2 Å². The summed E-state index contributed by atoms with van der Waals surface area (Å²) in [6, 6.07) is 3.63. The molecule has 10 heteroatoms. The van der Waals surface area contributed by atoms with E-state index in [1.165, 1.54) is 12.1 Å². The smallest absolute Gasteiger partial charge is 0.458 e. The van der Waals surface area contributed by atoms with Gasteiger partial charge in [-0.05, 0) is 50.8 Å². The van der Waals surface area contributed by atoms with Crippen LogP contribution in [0.1, 0.15) is 71.8 Å². The number of hydrogen-bond donors (Lipinski definition) is 1. The number of carbonyl (C=O) groups is 4. The summed E-state index contributed by atoms with van der Waals surface area (Å²) in [5.74, 6) is -1.36. The van der Waals surface area contributed by atoms with Crippen molar-refractivity contribution in [3.8, 4) is 11.5 Å². The van der Waals surface area contributed by atoms with Crippen LogP contribution in [0.15, 0.2) is 18.2 Å². The van der Waals surface area contributed by atoms with Crippen molar-refractivity contribution in [3.63, 3.8) is 0 Å². The van der Waals surface area contributed by atoms with Crippen LogP contribution >= 0.6 is 0 Å². The molecule has 1 rings (SSSR count). The van der Waals surface area contributed by atoms with Crippen LogP contribution in [0.2, 0.25) is 0 Å². The molecule has 0 bridgehead atoms. The van der Waals surface area contributed by atoms with Crippen LogP contribution in [0.4, 0.5) is 4.79 Å². The van der Waals surface area contributed by atoms with Crippen molar-refractivity contribution in [3.05, 3.63) is 23.8 Å². The lowest BCUT2D eigenvalue weighted by Gasteiger charge is -2.17. The topological polar surface area (TPSA) is 140 Å². The average Bonchev–Trinajstić information content (AvgIpc) is 2.81. The summed E-state index contributed by atoms with van der Waals surface area (Å²) < 4.78 is 25.5. The minimum Gasteiger partial charge on any atom is -0.458 e. The van der Waals surface area contributed by atoms with Crippen LogP contribution in [0.3, 0.4) is 0 Å². The molecule has 0 radical (unpaired) electrons. The molecule has 0 aliphatic carbocycles. The maximum Gasteiger partial charge on any atom is 0.508 e. The minimum absolute atomic E-state index is 0.0772. The Morgan fingerprint density at radius 1 is 0.886 bits per heavy atom. The fourth-order valence-corrected chi connectivity index (χ4v) is 2.83. The summed E-state index contributed by atoms with van der Waals surface area (Å²) in [5, 5.41) is 0. The molecule has 35 heavy (non-hydrogen) atoms. The monoisotopic (exact) mass is 495 g/mol. The van der Waals surface area contributed by atoms with Gasteiger partial charge >= 0.3 is 24.1 Å². The lowest BCUT2D eigenvalue weighted by molar-refractivity contribution is -0.152. The molecule has 2 N–H and O–H groups in total. The number of nitrogens with two attached hydrogens (primary N) is 1. The summed E-state index contributed by atoms with van der Waals surface area (Å²) >= 11 is 0. The fraction of sp³-hybridized carbons (Fsp3) is 0.600. The van der Waals surface area contributed by atoms with Crippen LogP contribution in [0, 0.1) is 0 Å². The summed E-state index contributed by atoms with van der Waals surface area (Å²) in [6.45, 7) is 7.12. The largest absolute Gasteiger partial charge is 0.508 e. The van der Waals surface area contributed by atoms with Crippen LogP contribution < -0.4 is 15.2 Å². The Hall–Kier alpha value is -3.14. The molecule has 10 nitrogen and oxygen atoms in total. The number of rotatable bonds is 15. The Labute approximate surface area is 206 Å². The second-order valence-corrected chi connectivity index (χ2v) is 7.99. The molecule has 0 fully saturated rings. The molecule has 0 saturated carbocycles. The Morgan fingerprint density at radius 3 is 2.06 bits per heavy atom. The molecule has 0 amide bonds. The summed E-state index contributed by atoms with van der Waals surface area (Å²) in [5.41, 5.74) is 6.57. The number of unbranched alkanes of at least 4 members (excludes halogenated alkanes) is 2. The number of ether oxygens (including phenoxy) is 5. The summed E-state index contributed by atoms with van der Waals surface area (Å²) in [7, 11) is 0.